The molecule has 1 aliphatic heterocycles. The fourth-order valence-corrected chi connectivity index (χ4v) is 3.08. The summed E-state index contributed by atoms with van der Waals surface area (Å²) in [7, 11) is 1.85. The Morgan fingerprint density at radius 3 is 3.00 bits per heavy atom. The Morgan fingerprint density at radius 1 is 1.62 bits per heavy atom. The van der Waals surface area contributed by atoms with Gasteiger partial charge in [-0.2, -0.15) is 11.8 Å². The molecule has 2 heterocycles. The van der Waals surface area contributed by atoms with E-state index in [1.807, 2.05) is 23.7 Å². The van der Waals surface area contributed by atoms with Crippen molar-refractivity contribution in [3.05, 3.63) is 29.0 Å². The average molecular weight is 257 g/mol. The van der Waals surface area contributed by atoms with Gasteiger partial charge in [-0.25, -0.2) is 4.98 Å². The summed E-state index contributed by atoms with van der Waals surface area (Å²) in [5.41, 5.74) is 0.601. The van der Waals surface area contributed by atoms with Crippen molar-refractivity contribution in [2.45, 2.75) is 12.5 Å². The first kappa shape index (κ1) is 11.7. The van der Waals surface area contributed by atoms with E-state index in [1.54, 1.807) is 12.1 Å². The highest BCUT2D eigenvalue weighted by Crippen LogP contribution is 2.22. The number of nitrogens with zero attached hydrogens (tertiary/aromatic N) is 2. The van der Waals surface area contributed by atoms with Crippen LogP contribution in [0.15, 0.2) is 18.3 Å². The average Bonchev–Trinajstić information content (AvgIpc) is 2.81. The summed E-state index contributed by atoms with van der Waals surface area (Å²) in [6.07, 6.45) is 2.61. The van der Waals surface area contributed by atoms with E-state index in [9.17, 15) is 4.79 Å². The van der Waals surface area contributed by atoms with E-state index in [1.165, 1.54) is 6.20 Å². The molecule has 0 aliphatic carbocycles. The lowest BCUT2D eigenvalue weighted by molar-refractivity contribution is 0.0747. The number of carbonyl (C=O) groups is 1. The summed E-state index contributed by atoms with van der Waals surface area (Å²) in [5, 5.41) is 0.413. The van der Waals surface area contributed by atoms with E-state index in [4.69, 9.17) is 11.6 Å². The summed E-state index contributed by atoms with van der Waals surface area (Å²) < 4.78 is 0. The molecule has 16 heavy (non-hydrogen) atoms. The largest absolute Gasteiger partial charge is 0.338 e. The molecule has 0 bridgehead atoms. The zero-order valence-corrected chi connectivity index (χ0v) is 10.6. The Kier molecular flexibility index (Phi) is 3.71. The second-order valence-corrected chi connectivity index (χ2v) is 5.34. The lowest BCUT2D eigenvalue weighted by atomic mass is 10.2. The number of thioether (sulfide) groups is 1. The second-order valence-electron chi connectivity index (χ2n) is 3.80. The first-order chi connectivity index (χ1) is 7.68. The van der Waals surface area contributed by atoms with Gasteiger partial charge < -0.3 is 4.90 Å². The van der Waals surface area contributed by atoms with Crippen LogP contribution in [-0.2, 0) is 0 Å². The molecule has 1 aromatic rings. The van der Waals surface area contributed by atoms with Crippen LogP contribution < -0.4 is 0 Å². The van der Waals surface area contributed by atoms with Crippen LogP contribution in [0.4, 0.5) is 0 Å². The molecule has 3 nitrogen and oxygen atoms in total. The van der Waals surface area contributed by atoms with Crippen molar-refractivity contribution in [3.63, 3.8) is 0 Å². The minimum atomic E-state index is 0.0247. The van der Waals surface area contributed by atoms with Crippen molar-refractivity contribution in [2.75, 3.05) is 18.6 Å². The van der Waals surface area contributed by atoms with Gasteiger partial charge in [-0.15, -0.1) is 0 Å². The summed E-state index contributed by atoms with van der Waals surface area (Å²) in [6, 6.07) is 3.72. The molecule has 0 N–H and O–H groups in total. The topological polar surface area (TPSA) is 33.2 Å². The molecule has 1 unspecified atom stereocenters. The molecule has 2 rings (SSSR count). The molecule has 0 aromatic carbocycles. The monoisotopic (exact) mass is 256 g/mol. The second kappa shape index (κ2) is 5.06. The third-order valence-electron chi connectivity index (χ3n) is 2.75. The van der Waals surface area contributed by atoms with E-state index < -0.39 is 0 Å². The van der Waals surface area contributed by atoms with E-state index in [0.717, 1.165) is 17.9 Å². The lowest BCUT2D eigenvalue weighted by Crippen LogP contribution is -2.36. The Balaban J connectivity index is 2.08. The molecular formula is C11H13ClN2OS. The quantitative estimate of drug-likeness (QED) is 0.762. The molecule has 0 radical (unpaired) electrons. The molecule has 1 fully saturated rings. The molecule has 0 spiro atoms. The van der Waals surface area contributed by atoms with Crippen LogP contribution in [0.5, 0.6) is 0 Å². The zero-order chi connectivity index (χ0) is 11.5. The molecule has 5 heteroatoms. The number of hydrogen-bond acceptors (Lipinski definition) is 3. The molecule has 1 aromatic heterocycles. The van der Waals surface area contributed by atoms with Gasteiger partial charge in [0.1, 0.15) is 5.15 Å². The van der Waals surface area contributed by atoms with Crippen LogP contribution >= 0.6 is 23.4 Å². The van der Waals surface area contributed by atoms with Crippen molar-refractivity contribution in [2.24, 2.45) is 0 Å². The summed E-state index contributed by atoms with van der Waals surface area (Å²) in [4.78, 5) is 17.8. The molecule has 1 aliphatic rings. The van der Waals surface area contributed by atoms with Crippen LogP contribution in [0.3, 0.4) is 0 Å². The lowest BCUT2D eigenvalue weighted by Gasteiger charge is -2.23. The van der Waals surface area contributed by atoms with Crippen molar-refractivity contribution in [1.29, 1.82) is 0 Å². The van der Waals surface area contributed by atoms with Gasteiger partial charge in [-0.05, 0) is 24.3 Å². The van der Waals surface area contributed by atoms with Crippen LogP contribution in [0, 0.1) is 0 Å². The fraction of sp³-hybridized carbons (Fsp3) is 0.455. The molecule has 1 amide bonds. The standard InChI is InChI=1S/C11H13ClN2OS/c1-14(9-4-5-16-7-9)11(15)8-2-3-10(12)13-6-8/h2-3,6,9H,4-5,7H2,1H3. The summed E-state index contributed by atoms with van der Waals surface area (Å²) in [6.45, 7) is 0. The van der Waals surface area contributed by atoms with Gasteiger partial charge in [0.25, 0.3) is 5.91 Å². The first-order valence-corrected chi connectivity index (χ1v) is 6.68. The first-order valence-electron chi connectivity index (χ1n) is 5.15. The maximum atomic E-state index is 12.1. The Morgan fingerprint density at radius 2 is 2.44 bits per heavy atom. The molecule has 1 atom stereocenters. The van der Waals surface area contributed by atoms with Gasteiger partial charge in [0.15, 0.2) is 0 Å². The normalized spacial score (nSPS) is 19.8. The number of rotatable bonds is 2. The zero-order valence-electron chi connectivity index (χ0n) is 9.02. The van der Waals surface area contributed by atoms with E-state index in [-0.39, 0.29) is 5.91 Å². The molecule has 1 saturated heterocycles. The maximum absolute atomic E-state index is 12.1. The molecule has 0 saturated carbocycles. The Hall–Kier alpha value is -0.740. The fourth-order valence-electron chi connectivity index (χ4n) is 1.70. The summed E-state index contributed by atoms with van der Waals surface area (Å²) in [5.74, 6) is 2.20. The van der Waals surface area contributed by atoms with Gasteiger partial charge in [0.05, 0.1) is 5.56 Å². The van der Waals surface area contributed by atoms with Crippen molar-refractivity contribution in [3.8, 4) is 0 Å². The highest BCUT2D eigenvalue weighted by Gasteiger charge is 2.24. The minimum Gasteiger partial charge on any atom is -0.338 e. The van der Waals surface area contributed by atoms with E-state index in [2.05, 4.69) is 4.98 Å². The van der Waals surface area contributed by atoms with Gasteiger partial charge in [0.2, 0.25) is 0 Å². The molecule has 86 valence electrons. The predicted octanol–water partition coefficient (Wildman–Crippen LogP) is 2.31. The van der Waals surface area contributed by atoms with Crippen LogP contribution in [0.1, 0.15) is 16.8 Å². The van der Waals surface area contributed by atoms with Gasteiger partial charge in [-0.3, -0.25) is 4.79 Å². The SMILES string of the molecule is CN(C(=O)c1ccc(Cl)nc1)C1CCSC1. The van der Waals surface area contributed by atoms with Crippen molar-refractivity contribution < 1.29 is 4.79 Å². The van der Waals surface area contributed by atoms with Gasteiger partial charge in [0, 0.05) is 25.0 Å². The van der Waals surface area contributed by atoms with Crippen LogP contribution in [0.25, 0.3) is 0 Å². The number of hydrogen-bond donors (Lipinski definition) is 0. The highest BCUT2D eigenvalue weighted by molar-refractivity contribution is 7.99. The predicted molar refractivity (Wildman–Crippen MR) is 67.1 cm³/mol. The highest BCUT2D eigenvalue weighted by atomic mass is 35.5. The van der Waals surface area contributed by atoms with E-state index in [0.29, 0.717) is 16.8 Å². The van der Waals surface area contributed by atoms with Crippen molar-refractivity contribution >= 4 is 29.3 Å². The summed E-state index contributed by atoms with van der Waals surface area (Å²) >= 11 is 7.58. The number of carbonyl (C=O) groups excluding carboxylic acids is 1. The van der Waals surface area contributed by atoms with E-state index >= 15 is 0 Å². The smallest absolute Gasteiger partial charge is 0.255 e. The third-order valence-corrected chi connectivity index (χ3v) is 4.12. The number of amides is 1. The number of aromatic nitrogens is 1. The van der Waals surface area contributed by atoms with Gasteiger partial charge >= 0.3 is 0 Å². The Labute approximate surface area is 104 Å². The number of pyridine rings is 1. The van der Waals surface area contributed by atoms with Crippen LogP contribution in [0.2, 0.25) is 5.15 Å². The Bertz CT molecular complexity index is 376. The third kappa shape index (κ3) is 2.50. The molecular weight excluding hydrogens is 244 g/mol. The van der Waals surface area contributed by atoms with Crippen molar-refractivity contribution in [1.82, 2.24) is 9.88 Å². The minimum absolute atomic E-state index is 0.0247. The van der Waals surface area contributed by atoms with Crippen LogP contribution in [-0.4, -0.2) is 40.4 Å². The maximum Gasteiger partial charge on any atom is 0.255 e. The van der Waals surface area contributed by atoms with Gasteiger partial charge in [-0.1, -0.05) is 11.6 Å². The number of halogens is 1.